The van der Waals surface area contributed by atoms with E-state index in [9.17, 15) is 4.79 Å². The fourth-order valence-corrected chi connectivity index (χ4v) is 3.43. The minimum Gasteiger partial charge on any atom is -0.497 e. The Hall–Kier alpha value is -2.83. The third kappa shape index (κ3) is 2.97. The van der Waals surface area contributed by atoms with E-state index in [4.69, 9.17) is 15.2 Å². The number of hydrogen-bond donors (Lipinski definition) is 1. The Morgan fingerprint density at radius 3 is 3.04 bits per heavy atom. The van der Waals surface area contributed by atoms with Gasteiger partial charge in [0.2, 0.25) is 5.91 Å². The highest BCUT2D eigenvalue weighted by Crippen LogP contribution is 2.32. The van der Waals surface area contributed by atoms with Crippen LogP contribution in [0.4, 0.5) is 5.82 Å². The lowest BCUT2D eigenvalue weighted by Gasteiger charge is -2.33. The van der Waals surface area contributed by atoms with Gasteiger partial charge in [-0.15, -0.1) is 5.10 Å². The number of amides is 1. The van der Waals surface area contributed by atoms with Gasteiger partial charge in [-0.1, -0.05) is 6.07 Å². The minimum atomic E-state index is -0.172. The molecule has 0 saturated heterocycles. The minimum absolute atomic E-state index is 0.113. The first-order valence-corrected chi connectivity index (χ1v) is 8.33. The summed E-state index contributed by atoms with van der Waals surface area (Å²) in [6.07, 6.45) is 1.38. The number of methoxy groups -OCH3 is 1. The number of carbonyl (C=O) groups is 1. The van der Waals surface area contributed by atoms with Crippen molar-refractivity contribution < 1.29 is 14.3 Å². The molecule has 3 heterocycles. The Morgan fingerprint density at radius 1 is 1.32 bits per heavy atom. The topological polar surface area (TPSA) is 90.6 Å². The molecule has 2 N–H and O–H groups in total. The maximum Gasteiger partial charge on any atom is 0.229 e. The van der Waals surface area contributed by atoms with E-state index in [2.05, 4.69) is 10.2 Å². The molecule has 4 rings (SSSR count). The third-order valence-corrected chi connectivity index (χ3v) is 4.80. The summed E-state index contributed by atoms with van der Waals surface area (Å²) in [6, 6.07) is 7.54. The van der Waals surface area contributed by atoms with Crippen LogP contribution in [0.3, 0.4) is 0 Å². The van der Waals surface area contributed by atoms with Gasteiger partial charge in [-0.05, 0) is 29.7 Å². The number of aromatic nitrogens is 2. The van der Waals surface area contributed by atoms with E-state index >= 15 is 0 Å². The molecule has 0 bridgehead atoms. The number of nitrogen functional groups attached to an aromatic ring is 1. The molecule has 7 heteroatoms. The molecule has 2 aliphatic heterocycles. The molecule has 130 valence electrons. The number of anilines is 1. The van der Waals surface area contributed by atoms with Crippen molar-refractivity contribution >= 4 is 11.7 Å². The summed E-state index contributed by atoms with van der Waals surface area (Å²) in [5.74, 6) is 1.89. The summed E-state index contributed by atoms with van der Waals surface area (Å²) >= 11 is 0. The van der Waals surface area contributed by atoms with Gasteiger partial charge >= 0.3 is 0 Å². The summed E-state index contributed by atoms with van der Waals surface area (Å²) in [4.78, 5) is 14.8. The standard InChI is InChI=1S/C18H20N4O3/c1-24-14-3-2-11-6-13(10-25-16(11)8-14)18(23)22-5-4-15-12(9-22)7-17(19)21-20-15/h2-3,7-8,13H,4-6,9-10H2,1H3,(H2,19,21)/t13-/m1/s1. The Kier molecular flexibility index (Phi) is 3.91. The molecule has 0 fully saturated rings. The monoisotopic (exact) mass is 340 g/mol. The molecule has 2 aliphatic rings. The first-order valence-electron chi connectivity index (χ1n) is 8.33. The highest BCUT2D eigenvalue weighted by atomic mass is 16.5. The molecule has 1 amide bonds. The average Bonchev–Trinajstić information content (AvgIpc) is 2.65. The predicted octanol–water partition coefficient (Wildman–Crippen LogP) is 1.20. The van der Waals surface area contributed by atoms with E-state index in [1.54, 1.807) is 13.2 Å². The summed E-state index contributed by atoms with van der Waals surface area (Å²) in [6.45, 7) is 1.56. The van der Waals surface area contributed by atoms with E-state index in [0.717, 1.165) is 28.3 Å². The Bertz CT molecular complexity index is 824. The van der Waals surface area contributed by atoms with Gasteiger partial charge in [0, 0.05) is 25.6 Å². The number of fused-ring (bicyclic) bond motifs is 2. The summed E-state index contributed by atoms with van der Waals surface area (Å²) < 4.78 is 11.0. The van der Waals surface area contributed by atoms with Crippen LogP contribution in [0.1, 0.15) is 16.8 Å². The molecule has 25 heavy (non-hydrogen) atoms. The van der Waals surface area contributed by atoms with Crippen LogP contribution >= 0.6 is 0 Å². The molecule has 1 aromatic heterocycles. The molecule has 0 aliphatic carbocycles. The van der Waals surface area contributed by atoms with Crippen molar-refractivity contribution in [2.45, 2.75) is 19.4 Å². The summed E-state index contributed by atoms with van der Waals surface area (Å²) in [5.41, 5.74) is 8.66. The van der Waals surface area contributed by atoms with E-state index in [1.165, 1.54) is 0 Å². The number of benzene rings is 1. The number of nitrogens with two attached hydrogens (primary N) is 1. The zero-order valence-electron chi connectivity index (χ0n) is 14.1. The normalized spacial score (nSPS) is 18.8. The molecule has 0 unspecified atom stereocenters. The van der Waals surface area contributed by atoms with Gasteiger partial charge in [0.15, 0.2) is 0 Å². The van der Waals surface area contributed by atoms with Gasteiger partial charge in [0.1, 0.15) is 23.9 Å². The smallest absolute Gasteiger partial charge is 0.229 e. The first-order chi connectivity index (χ1) is 12.1. The van der Waals surface area contributed by atoms with Crippen molar-refractivity contribution in [1.29, 1.82) is 0 Å². The highest BCUT2D eigenvalue weighted by molar-refractivity contribution is 5.80. The van der Waals surface area contributed by atoms with Crippen LogP contribution in [0.25, 0.3) is 0 Å². The number of hydrogen-bond acceptors (Lipinski definition) is 6. The zero-order chi connectivity index (χ0) is 17.4. The average molecular weight is 340 g/mol. The molecule has 2 aromatic rings. The van der Waals surface area contributed by atoms with Crippen LogP contribution in [-0.4, -0.2) is 41.3 Å². The molecule has 0 radical (unpaired) electrons. The van der Waals surface area contributed by atoms with Crippen LogP contribution in [-0.2, 0) is 24.2 Å². The summed E-state index contributed by atoms with van der Waals surface area (Å²) in [5, 5.41) is 8.01. The maximum atomic E-state index is 12.9. The van der Waals surface area contributed by atoms with Crippen molar-refractivity contribution in [2.75, 3.05) is 26.0 Å². The lowest BCUT2D eigenvalue weighted by molar-refractivity contribution is -0.137. The fraction of sp³-hybridized carbons (Fsp3) is 0.389. The van der Waals surface area contributed by atoms with Gasteiger partial charge in [0.25, 0.3) is 0 Å². The summed E-state index contributed by atoms with van der Waals surface area (Å²) in [7, 11) is 1.63. The molecule has 1 aromatic carbocycles. The van der Waals surface area contributed by atoms with E-state index in [1.807, 2.05) is 23.1 Å². The second kappa shape index (κ2) is 6.23. The predicted molar refractivity (Wildman–Crippen MR) is 91.2 cm³/mol. The number of carbonyl (C=O) groups excluding carboxylic acids is 1. The van der Waals surface area contributed by atoms with Crippen molar-refractivity contribution in [3.8, 4) is 11.5 Å². The second-order valence-corrected chi connectivity index (χ2v) is 6.44. The van der Waals surface area contributed by atoms with Gasteiger partial charge in [-0.3, -0.25) is 4.79 Å². The van der Waals surface area contributed by atoms with Crippen molar-refractivity contribution in [2.24, 2.45) is 5.92 Å². The van der Waals surface area contributed by atoms with E-state index in [-0.39, 0.29) is 11.8 Å². The van der Waals surface area contributed by atoms with Crippen LogP contribution in [0.5, 0.6) is 11.5 Å². The lowest BCUT2D eigenvalue weighted by Crippen LogP contribution is -2.43. The van der Waals surface area contributed by atoms with E-state index in [0.29, 0.717) is 38.4 Å². The van der Waals surface area contributed by atoms with Crippen molar-refractivity contribution in [1.82, 2.24) is 15.1 Å². The SMILES string of the molecule is COc1ccc2c(c1)OC[C@H](C(=O)N1CCc3nnc(N)cc3C1)C2. The highest BCUT2D eigenvalue weighted by Gasteiger charge is 2.31. The molecular weight excluding hydrogens is 320 g/mol. The number of nitrogens with zero attached hydrogens (tertiary/aromatic N) is 3. The van der Waals surface area contributed by atoms with Crippen LogP contribution in [0, 0.1) is 5.92 Å². The molecule has 0 spiro atoms. The van der Waals surface area contributed by atoms with Gasteiger partial charge in [-0.25, -0.2) is 0 Å². The van der Waals surface area contributed by atoms with Crippen LogP contribution < -0.4 is 15.2 Å². The lowest BCUT2D eigenvalue weighted by atomic mass is 9.94. The molecule has 7 nitrogen and oxygen atoms in total. The van der Waals surface area contributed by atoms with Crippen LogP contribution in [0.15, 0.2) is 24.3 Å². The largest absolute Gasteiger partial charge is 0.497 e. The third-order valence-electron chi connectivity index (χ3n) is 4.80. The molecule has 0 saturated carbocycles. The number of rotatable bonds is 2. The van der Waals surface area contributed by atoms with E-state index < -0.39 is 0 Å². The van der Waals surface area contributed by atoms with Crippen molar-refractivity contribution in [3.05, 3.63) is 41.1 Å². The number of ether oxygens (including phenoxy) is 2. The van der Waals surface area contributed by atoms with Gasteiger partial charge in [0.05, 0.1) is 18.7 Å². The molecular formula is C18H20N4O3. The van der Waals surface area contributed by atoms with Crippen molar-refractivity contribution in [3.63, 3.8) is 0 Å². The second-order valence-electron chi connectivity index (χ2n) is 6.44. The fourth-order valence-electron chi connectivity index (χ4n) is 3.43. The van der Waals surface area contributed by atoms with Gasteiger partial charge < -0.3 is 20.1 Å². The zero-order valence-corrected chi connectivity index (χ0v) is 14.1. The first kappa shape index (κ1) is 15.7. The van der Waals surface area contributed by atoms with Gasteiger partial charge in [-0.2, -0.15) is 5.10 Å². The van der Waals surface area contributed by atoms with Crippen LogP contribution in [0.2, 0.25) is 0 Å². The quantitative estimate of drug-likeness (QED) is 0.883. The maximum absolute atomic E-state index is 12.9. The molecule has 1 atom stereocenters. The Morgan fingerprint density at radius 2 is 2.20 bits per heavy atom. The Balaban J connectivity index is 1.48. The Labute approximate surface area is 145 Å².